The molecule has 0 aliphatic heterocycles. The van der Waals surface area contributed by atoms with Gasteiger partial charge in [0.25, 0.3) is 16.4 Å². The first-order valence-electron chi connectivity index (χ1n) is 10.5. The molecule has 192 valence electrons. The summed E-state index contributed by atoms with van der Waals surface area (Å²) in [5.41, 5.74) is 0.171. The second-order valence-electron chi connectivity index (χ2n) is 7.78. The number of anilines is 2. The van der Waals surface area contributed by atoms with Crippen LogP contribution < -0.4 is 19.5 Å². The molecule has 2 N–H and O–H groups in total. The third-order valence-corrected chi connectivity index (χ3v) is 6.94. The van der Waals surface area contributed by atoms with E-state index in [1.807, 2.05) is 0 Å². The van der Waals surface area contributed by atoms with Crippen LogP contribution in [0.15, 0.2) is 35.2 Å². The average molecular weight is 543 g/mol. The molecule has 2 aromatic heterocycles. The zero-order chi connectivity index (χ0) is 26.0. The fraction of sp³-hybridized carbons (Fsp3) is 0.333. The van der Waals surface area contributed by atoms with E-state index >= 15 is 0 Å². The summed E-state index contributed by atoms with van der Waals surface area (Å²) in [6.07, 6.45) is -1.28. The minimum Gasteiger partial charge on any atom is -0.481 e. The molecular weight excluding hydrogens is 522 g/mol. The molecular formula is C21H21ClF2N6O5S. The molecule has 1 amide bonds. The van der Waals surface area contributed by atoms with E-state index in [9.17, 15) is 22.0 Å². The number of sulfonamides is 1. The smallest absolute Gasteiger partial charge is 0.321 e. The summed E-state index contributed by atoms with van der Waals surface area (Å²) in [5.74, 6) is -0.506. The zero-order valence-electron chi connectivity index (χ0n) is 19.0. The molecule has 2 heterocycles. The topological polar surface area (TPSA) is 137 Å². The zero-order valence-corrected chi connectivity index (χ0v) is 20.6. The van der Waals surface area contributed by atoms with Crippen LogP contribution in [0, 0.1) is 0 Å². The van der Waals surface area contributed by atoms with Crippen LogP contribution in [0.5, 0.6) is 11.9 Å². The number of nitrogens with zero attached hydrogens (tertiary/aromatic N) is 4. The third kappa shape index (κ3) is 5.65. The monoisotopic (exact) mass is 542 g/mol. The standard InChI is InChI=1S/C21H21ClF2N6O5S/c1-34-16-9-14(26-21(27-16)35-2)29-36(32,33)13-7-5-12(6-8-13)25-15(31)10-30-19(11-3-4-11)17(22)18(28-30)20(23)24/h5-9,11,20H,3-4,10H2,1-2H3,(H,25,31)(H,26,27,29). The Hall–Kier alpha value is -3.52. The van der Waals surface area contributed by atoms with Gasteiger partial charge >= 0.3 is 6.01 Å². The van der Waals surface area contributed by atoms with E-state index in [0.29, 0.717) is 11.4 Å². The first kappa shape index (κ1) is 25.6. The number of ether oxygens (including phenoxy) is 2. The van der Waals surface area contributed by atoms with Gasteiger partial charge in [0.2, 0.25) is 11.8 Å². The molecule has 0 spiro atoms. The fourth-order valence-corrected chi connectivity index (χ4v) is 4.75. The van der Waals surface area contributed by atoms with Crippen molar-refractivity contribution in [3.8, 4) is 11.9 Å². The molecule has 4 rings (SSSR count). The van der Waals surface area contributed by atoms with Crippen LogP contribution >= 0.6 is 11.6 Å². The van der Waals surface area contributed by atoms with Crippen LogP contribution in [0.2, 0.25) is 5.02 Å². The second-order valence-corrected chi connectivity index (χ2v) is 9.84. The van der Waals surface area contributed by atoms with Crippen molar-refractivity contribution in [1.82, 2.24) is 19.7 Å². The maximum Gasteiger partial charge on any atom is 0.321 e. The number of benzene rings is 1. The van der Waals surface area contributed by atoms with Crippen molar-refractivity contribution in [3.63, 3.8) is 0 Å². The highest BCUT2D eigenvalue weighted by molar-refractivity contribution is 7.92. The lowest BCUT2D eigenvalue weighted by Crippen LogP contribution is -2.21. The van der Waals surface area contributed by atoms with Crippen molar-refractivity contribution in [3.05, 3.63) is 46.7 Å². The van der Waals surface area contributed by atoms with Crippen molar-refractivity contribution < 1.29 is 31.5 Å². The molecule has 1 fully saturated rings. The number of rotatable bonds is 10. The molecule has 1 aromatic carbocycles. The highest BCUT2D eigenvalue weighted by Gasteiger charge is 2.34. The molecule has 1 aliphatic rings. The van der Waals surface area contributed by atoms with E-state index in [-0.39, 0.29) is 40.1 Å². The number of carbonyl (C=O) groups is 1. The Labute approximate surface area is 209 Å². The van der Waals surface area contributed by atoms with Gasteiger partial charge in [-0.15, -0.1) is 0 Å². The number of methoxy groups -OCH3 is 2. The average Bonchev–Trinajstić information content (AvgIpc) is 3.61. The van der Waals surface area contributed by atoms with Crippen molar-refractivity contribution in [2.45, 2.75) is 36.6 Å². The van der Waals surface area contributed by atoms with Crippen LogP contribution in [-0.4, -0.2) is 48.3 Å². The summed E-state index contributed by atoms with van der Waals surface area (Å²) in [5, 5.41) is 6.31. The van der Waals surface area contributed by atoms with Gasteiger partial charge in [-0.05, 0) is 37.1 Å². The number of aromatic nitrogens is 4. The largest absolute Gasteiger partial charge is 0.481 e. The highest BCUT2D eigenvalue weighted by Crippen LogP contribution is 2.45. The maximum atomic E-state index is 13.2. The molecule has 1 saturated carbocycles. The lowest BCUT2D eigenvalue weighted by atomic mass is 10.2. The molecule has 0 atom stereocenters. The van der Waals surface area contributed by atoms with Gasteiger partial charge in [-0.1, -0.05) is 11.6 Å². The molecule has 0 saturated heterocycles. The highest BCUT2D eigenvalue weighted by atomic mass is 35.5. The quantitative estimate of drug-likeness (QED) is 0.396. The summed E-state index contributed by atoms with van der Waals surface area (Å²) in [6.45, 7) is -0.322. The van der Waals surface area contributed by atoms with Gasteiger partial charge in [0.15, 0.2) is 5.82 Å². The van der Waals surface area contributed by atoms with Gasteiger partial charge in [0.05, 0.1) is 29.8 Å². The van der Waals surface area contributed by atoms with Crippen LogP contribution in [0.25, 0.3) is 0 Å². The number of hydrogen-bond acceptors (Lipinski definition) is 8. The predicted octanol–water partition coefficient (Wildman–Crippen LogP) is 3.60. The Kier molecular flexibility index (Phi) is 7.26. The van der Waals surface area contributed by atoms with Crippen molar-refractivity contribution >= 4 is 39.0 Å². The number of nitrogens with one attached hydrogen (secondary N) is 2. The van der Waals surface area contributed by atoms with E-state index in [1.165, 1.54) is 49.2 Å². The first-order chi connectivity index (χ1) is 17.1. The van der Waals surface area contributed by atoms with Crippen LogP contribution in [0.3, 0.4) is 0 Å². The Balaban J connectivity index is 1.45. The second kappa shape index (κ2) is 10.2. The molecule has 11 nitrogen and oxygen atoms in total. The summed E-state index contributed by atoms with van der Waals surface area (Å²) < 4.78 is 65.3. The SMILES string of the molecule is COc1cc(NS(=O)(=O)c2ccc(NC(=O)Cn3nc(C(F)F)c(Cl)c3C3CC3)cc2)nc(OC)n1. The van der Waals surface area contributed by atoms with Crippen molar-refractivity contribution in [1.29, 1.82) is 0 Å². The summed E-state index contributed by atoms with van der Waals surface area (Å²) in [4.78, 5) is 20.3. The lowest BCUT2D eigenvalue weighted by Gasteiger charge is -2.11. The summed E-state index contributed by atoms with van der Waals surface area (Å²) >= 11 is 6.08. The molecule has 15 heteroatoms. The number of halogens is 3. The van der Waals surface area contributed by atoms with Gasteiger partial charge in [-0.3, -0.25) is 14.2 Å². The third-order valence-electron chi connectivity index (χ3n) is 5.18. The summed E-state index contributed by atoms with van der Waals surface area (Å²) in [7, 11) is -1.35. The van der Waals surface area contributed by atoms with Gasteiger partial charge < -0.3 is 14.8 Å². The van der Waals surface area contributed by atoms with E-state index in [1.54, 1.807) is 0 Å². The Morgan fingerprint density at radius 1 is 1.19 bits per heavy atom. The van der Waals surface area contributed by atoms with Crippen LogP contribution in [-0.2, 0) is 21.4 Å². The van der Waals surface area contributed by atoms with E-state index in [2.05, 4.69) is 25.1 Å². The minimum atomic E-state index is -4.04. The van der Waals surface area contributed by atoms with Crippen molar-refractivity contribution in [2.75, 3.05) is 24.3 Å². The molecule has 0 radical (unpaired) electrons. The number of alkyl halides is 2. The Bertz CT molecular complexity index is 1360. The molecule has 3 aromatic rings. The lowest BCUT2D eigenvalue weighted by molar-refractivity contribution is -0.117. The normalized spacial score (nSPS) is 13.5. The number of amides is 1. The Morgan fingerprint density at radius 2 is 1.89 bits per heavy atom. The Morgan fingerprint density at radius 3 is 2.47 bits per heavy atom. The molecule has 0 unspecified atom stereocenters. The van der Waals surface area contributed by atoms with E-state index in [4.69, 9.17) is 21.1 Å². The molecule has 0 bridgehead atoms. The summed E-state index contributed by atoms with van der Waals surface area (Å²) in [6, 6.07) is 6.53. The van der Waals surface area contributed by atoms with Crippen LogP contribution in [0.1, 0.15) is 36.6 Å². The van der Waals surface area contributed by atoms with Gasteiger partial charge in [0.1, 0.15) is 12.2 Å². The van der Waals surface area contributed by atoms with Crippen LogP contribution in [0.4, 0.5) is 20.3 Å². The van der Waals surface area contributed by atoms with Gasteiger partial charge in [0, 0.05) is 17.7 Å². The van der Waals surface area contributed by atoms with Crippen molar-refractivity contribution in [2.24, 2.45) is 0 Å². The van der Waals surface area contributed by atoms with Gasteiger partial charge in [-0.2, -0.15) is 15.1 Å². The predicted molar refractivity (Wildman–Crippen MR) is 125 cm³/mol. The molecule has 1 aliphatic carbocycles. The van der Waals surface area contributed by atoms with E-state index < -0.39 is 28.0 Å². The molecule has 36 heavy (non-hydrogen) atoms. The van der Waals surface area contributed by atoms with E-state index in [0.717, 1.165) is 12.8 Å². The maximum absolute atomic E-state index is 13.2. The fourth-order valence-electron chi connectivity index (χ4n) is 3.38. The number of hydrogen-bond donors (Lipinski definition) is 2. The number of carbonyl (C=O) groups excluding carboxylic acids is 1. The van der Waals surface area contributed by atoms with Gasteiger partial charge in [-0.25, -0.2) is 17.2 Å². The first-order valence-corrected chi connectivity index (χ1v) is 12.4. The minimum absolute atomic E-state index is 0.00267.